The van der Waals surface area contributed by atoms with Gasteiger partial charge in [-0.2, -0.15) is 0 Å². The Bertz CT molecular complexity index is 1290. The van der Waals surface area contributed by atoms with E-state index in [0.717, 1.165) is 11.1 Å². The van der Waals surface area contributed by atoms with Crippen molar-refractivity contribution in [2.24, 2.45) is 0 Å². The summed E-state index contributed by atoms with van der Waals surface area (Å²) in [7, 11) is -3.82. The molecule has 1 aromatic carbocycles. The van der Waals surface area contributed by atoms with Crippen LogP contribution in [0.25, 0.3) is 10.9 Å². The largest absolute Gasteiger partial charge is 0.371 e. The van der Waals surface area contributed by atoms with Crippen molar-refractivity contribution < 1.29 is 17.9 Å². The molecule has 9 nitrogen and oxygen atoms in total. The fraction of sp³-hybridized carbons (Fsp3) is 0.458. The summed E-state index contributed by atoms with van der Waals surface area (Å²) < 4.78 is 41.2. The van der Waals surface area contributed by atoms with E-state index in [2.05, 4.69) is 20.0 Å². The molecule has 3 aromatic rings. The van der Waals surface area contributed by atoms with Gasteiger partial charge in [-0.05, 0) is 31.0 Å². The van der Waals surface area contributed by atoms with Crippen LogP contribution in [-0.2, 0) is 19.5 Å². The lowest BCUT2D eigenvalue weighted by Crippen LogP contribution is -2.44. The molecular formula is C24H27N5O4S. The number of ether oxygens (including phenoxy) is 2. The van der Waals surface area contributed by atoms with Crippen molar-refractivity contribution in [1.29, 1.82) is 0 Å². The van der Waals surface area contributed by atoms with Crippen LogP contribution >= 0.6 is 0 Å². The average molecular weight is 482 g/mol. The van der Waals surface area contributed by atoms with E-state index < -0.39 is 22.2 Å². The molecule has 178 valence electrons. The molecule has 2 saturated heterocycles. The minimum atomic E-state index is -3.82. The highest BCUT2D eigenvalue weighted by molar-refractivity contribution is 7.89. The zero-order valence-electron chi connectivity index (χ0n) is 18.6. The Labute approximate surface area is 198 Å². The third-order valence-corrected chi connectivity index (χ3v) is 8.53. The number of fused-ring (bicyclic) bond motifs is 2. The van der Waals surface area contributed by atoms with Crippen LogP contribution in [0.3, 0.4) is 0 Å². The molecule has 4 heterocycles. The molecule has 0 amide bonds. The van der Waals surface area contributed by atoms with Gasteiger partial charge in [0.1, 0.15) is 17.1 Å². The van der Waals surface area contributed by atoms with Crippen molar-refractivity contribution in [2.75, 3.05) is 18.5 Å². The molecule has 34 heavy (non-hydrogen) atoms. The number of pyridine rings is 1. The maximum atomic E-state index is 13.2. The van der Waals surface area contributed by atoms with Crippen LogP contribution in [0.5, 0.6) is 0 Å². The van der Waals surface area contributed by atoms with Crippen molar-refractivity contribution in [1.82, 2.24) is 19.7 Å². The number of nitrogens with one attached hydrogen (secondary N) is 2. The molecule has 1 aliphatic carbocycles. The van der Waals surface area contributed by atoms with E-state index in [-0.39, 0.29) is 23.6 Å². The number of hydrogen-bond acceptors (Lipinski definition) is 8. The van der Waals surface area contributed by atoms with Crippen LogP contribution in [0.4, 0.5) is 5.95 Å². The zero-order valence-corrected chi connectivity index (χ0v) is 19.4. The molecule has 2 aliphatic heterocycles. The second kappa shape index (κ2) is 8.84. The van der Waals surface area contributed by atoms with Crippen molar-refractivity contribution in [3.63, 3.8) is 0 Å². The van der Waals surface area contributed by atoms with Crippen molar-refractivity contribution in [3.05, 3.63) is 54.5 Å². The Morgan fingerprint density at radius 2 is 1.65 bits per heavy atom. The lowest BCUT2D eigenvalue weighted by atomic mass is 10.0. The van der Waals surface area contributed by atoms with Gasteiger partial charge in [0, 0.05) is 29.4 Å². The first-order chi connectivity index (χ1) is 16.6. The van der Waals surface area contributed by atoms with E-state index in [0.29, 0.717) is 24.0 Å². The van der Waals surface area contributed by atoms with Gasteiger partial charge < -0.3 is 14.8 Å². The summed E-state index contributed by atoms with van der Waals surface area (Å²) in [5, 5.41) is 4.13. The van der Waals surface area contributed by atoms with E-state index in [4.69, 9.17) is 14.5 Å². The second-order valence-electron chi connectivity index (χ2n) is 9.19. The monoisotopic (exact) mass is 481 g/mol. The van der Waals surface area contributed by atoms with Crippen molar-refractivity contribution in [2.45, 2.75) is 60.8 Å². The molecule has 1 saturated carbocycles. The molecular weight excluding hydrogens is 454 g/mol. The van der Waals surface area contributed by atoms with E-state index >= 15 is 0 Å². The number of aromatic nitrogens is 3. The van der Waals surface area contributed by atoms with Gasteiger partial charge in [-0.1, -0.05) is 31.0 Å². The first-order valence-corrected chi connectivity index (χ1v) is 13.3. The highest BCUT2D eigenvalue weighted by atomic mass is 32.2. The Morgan fingerprint density at radius 1 is 0.882 bits per heavy atom. The molecule has 4 atom stereocenters. The molecule has 3 aliphatic rings. The maximum Gasteiger partial charge on any atom is 0.243 e. The van der Waals surface area contributed by atoms with E-state index in [1.165, 1.54) is 25.7 Å². The third kappa shape index (κ3) is 4.04. The van der Waals surface area contributed by atoms with Gasteiger partial charge in [-0.3, -0.25) is 4.98 Å². The van der Waals surface area contributed by atoms with Gasteiger partial charge in [0.15, 0.2) is 0 Å². The smallest absolute Gasteiger partial charge is 0.243 e. The summed E-state index contributed by atoms with van der Waals surface area (Å²) >= 11 is 0. The molecule has 0 bridgehead atoms. The van der Waals surface area contributed by atoms with Gasteiger partial charge in [-0.25, -0.2) is 23.1 Å². The molecule has 2 N–H and O–H groups in total. The predicted octanol–water partition coefficient (Wildman–Crippen LogP) is 2.61. The summed E-state index contributed by atoms with van der Waals surface area (Å²) in [6, 6.07) is 10.1. The fourth-order valence-corrected chi connectivity index (χ4v) is 6.75. The van der Waals surface area contributed by atoms with Crippen LogP contribution in [0.1, 0.15) is 37.3 Å². The number of anilines is 1. The molecule has 0 radical (unpaired) electrons. The molecule has 3 fully saturated rings. The standard InChI is InChI=1S/C24H27N5O4S/c30-34(31,20-9-3-7-16-8-4-11-25-21(16)20)29-19-14-33-22-18(13-32-23(19)22)28-24-26-12-10-17(27-24)15-5-1-2-6-15/h3-4,7-12,15,18-19,22-23,29H,1-2,5-6,13-14H2,(H,26,27,28)/t18-,19-,22+,23+/m0/s1. The Kier molecular flexibility index (Phi) is 5.68. The predicted molar refractivity (Wildman–Crippen MR) is 126 cm³/mol. The van der Waals surface area contributed by atoms with Gasteiger partial charge >= 0.3 is 0 Å². The van der Waals surface area contributed by atoms with E-state index in [1.54, 1.807) is 30.6 Å². The van der Waals surface area contributed by atoms with Crippen LogP contribution in [0, 0.1) is 0 Å². The highest BCUT2D eigenvalue weighted by Gasteiger charge is 2.49. The van der Waals surface area contributed by atoms with Crippen LogP contribution in [-0.4, -0.2) is 60.9 Å². The average Bonchev–Trinajstić information content (AvgIpc) is 3.60. The lowest BCUT2D eigenvalue weighted by Gasteiger charge is -2.19. The van der Waals surface area contributed by atoms with Gasteiger partial charge in [0.05, 0.1) is 30.8 Å². The zero-order chi connectivity index (χ0) is 23.1. The lowest BCUT2D eigenvalue weighted by molar-refractivity contribution is 0.0690. The number of nitrogens with zero attached hydrogens (tertiary/aromatic N) is 3. The summed E-state index contributed by atoms with van der Waals surface area (Å²) in [5.41, 5.74) is 1.52. The van der Waals surface area contributed by atoms with Crippen LogP contribution < -0.4 is 10.0 Å². The second-order valence-corrected chi connectivity index (χ2v) is 10.9. The van der Waals surface area contributed by atoms with Crippen molar-refractivity contribution >= 4 is 26.9 Å². The summed E-state index contributed by atoms with van der Waals surface area (Å²) in [5.74, 6) is 1.06. The summed E-state index contributed by atoms with van der Waals surface area (Å²) in [6.07, 6.45) is 7.53. The van der Waals surface area contributed by atoms with E-state index in [9.17, 15) is 8.42 Å². The Morgan fingerprint density at radius 3 is 2.50 bits per heavy atom. The minimum absolute atomic E-state index is 0.152. The number of benzene rings is 1. The number of rotatable bonds is 6. The van der Waals surface area contributed by atoms with Crippen LogP contribution in [0.15, 0.2) is 53.7 Å². The Hall–Kier alpha value is -2.66. The SMILES string of the molecule is O=S(=O)(N[C@H]1CO[C@H]2[C@@H]1OC[C@@H]2Nc1nccc(C2CCCC2)n1)c1cccc2cccnc12. The van der Waals surface area contributed by atoms with Crippen LogP contribution in [0.2, 0.25) is 0 Å². The van der Waals surface area contributed by atoms with Gasteiger partial charge in [0.25, 0.3) is 0 Å². The third-order valence-electron chi connectivity index (χ3n) is 7.01. The van der Waals surface area contributed by atoms with E-state index in [1.807, 2.05) is 18.2 Å². The minimum Gasteiger partial charge on any atom is -0.371 e. The molecule has 10 heteroatoms. The number of sulfonamides is 1. The summed E-state index contributed by atoms with van der Waals surface area (Å²) in [4.78, 5) is 13.5. The maximum absolute atomic E-state index is 13.2. The van der Waals surface area contributed by atoms with Crippen molar-refractivity contribution in [3.8, 4) is 0 Å². The Balaban J connectivity index is 1.16. The topological polar surface area (TPSA) is 115 Å². The van der Waals surface area contributed by atoms with Gasteiger partial charge in [0.2, 0.25) is 16.0 Å². The fourth-order valence-electron chi connectivity index (χ4n) is 5.34. The highest BCUT2D eigenvalue weighted by Crippen LogP contribution is 2.34. The number of hydrogen-bond donors (Lipinski definition) is 2. The number of para-hydroxylation sites is 1. The normalized spacial score (nSPS) is 27.3. The molecule has 0 spiro atoms. The molecule has 2 aromatic heterocycles. The molecule has 0 unspecified atom stereocenters. The first-order valence-electron chi connectivity index (χ1n) is 11.8. The first kappa shape index (κ1) is 21.8. The quantitative estimate of drug-likeness (QED) is 0.552. The molecule has 6 rings (SSSR count). The summed E-state index contributed by atoms with van der Waals surface area (Å²) in [6.45, 7) is 0.619. The van der Waals surface area contributed by atoms with Gasteiger partial charge in [-0.15, -0.1) is 0 Å².